The fraction of sp³-hybridized carbons (Fsp3) is 0.500. The highest BCUT2D eigenvalue weighted by Crippen LogP contribution is 2.30. The summed E-state index contributed by atoms with van der Waals surface area (Å²) < 4.78 is 10.9. The maximum absolute atomic E-state index is 11.8. The number of benzene rings is 1. The van der Waals surface area contributed by atoms with Crippen LogP contribution in [0.1, 0.15) is 37.7 Å². The number of hydrogen-bond acceptors (Lipinski definition) is 5. The average Bonchev–Trinajstić information content (AvgIpc) is 2.55. The Balaban J connectivity index is 1.57. The molecule has 1 heterocycles. The van der Waals surface area contributed by atoms with Gasteiger partial charge >= 0.3 is 5.97 Å². The van der Waals surface area contributed by atoms with Gasteiger partial charge in [0.25, 0.3) is 0 Å². The Morgan fingerprint density at radius 2 is 1.90 bits per heavy atom. The molecule has 3 rings (SSSR count). The lowest BCUT2D eigenvalue weighted by molar-refractivity contribution is -0.149. The van der Waals surface area contributed by atoms with E-state index in [2.05, 4.69) is 5.16 Å². The fourth-order valence-electron chi connectivity index (χ4n) is 2.69. The molecule has 0 amide bonds. The first-order valence-electron chi connectivity index (χ1n) is 7.47. The third-order valence-electron chi connectivity index (χ3n) is 3.85. The summed E-state index contributed by atoms with van der Waals surface area (Å²) in [6.07, 6.45) is 6.78. The Morgan fingerprint density at radius 1 is 1.14 bits per heavy atom. The first-order chi connectivity index (χ1) is 10.3. The average molecular weight is 289 g/mol. The van der Waals surface area contributed by atoms with Crippen molar-refractivity contribution in [2.45, 2.75) is 32.1 Å². The third-order valence-corrected chi connectivity index (χ3v) is 3.85. The number of rotatable bonds is 3. The first-order valence-corrected chi connectivity index (χ1v) is 7.47. The van der Waals surface area contributed by atoms with Crippen molar-refractivity contribution in [2.24, 2.45) is 11.1 Å². The minimum atomic E-state index is -0.219. The molecule has 5 nitrogen and oxygen atoms in total. The summed E-state index contributed by atoms with van der Waals surface area (Å²) in [5.74, 6) is 1.22. The predicted molar refractivity (Wildman–Crippen MR) is 77.7 cm³/mol. The van der Waals surface area contributed by atoms with Gasteiger partial charge in [-0.05, 0) is 31.0 Å². The van der Waals surface area contributed by atoms with E-state index in [4.69, 9.17) is 14.3 Å². The largest absolute Gasteiger partial charge is 0.486 e. The number of carbonyl (C=O) groups excluding carboxylic acids is 1. The van der Waals surface area contributed by atoms with Crippen molar-refractivity contribution in [3.05, 3.63) is 23.8 Å². The highest BCUT2D eigenvalue weighted by atomic mass is 16.7. The molecule has 0 atom stereocenters. The lowest BCUT2D eigenvalue weighted by Gasteiger charge is -2.18. The maximum Gasteiger partial charge on any atom is 0.338 e. The van der Waals surface area contributed by atoms with Crippen molar-refractivity contribution in [3.8, 4) is 11.5 Å². The van der Waals surface area contributed by atoms with Gasteiger partial charge in [-0.2, -0.15) is 0 Å². The molecule has 0 bridgehead atoms. The fourth-order valence-corrected chi connectivity index (χ4v) is 2.69. The normalized spacial score (nSPS) is 18.7. The second kappa shape index (κ2) is 6.61. The molecular formula is C16H19NO4. The Bertz CT molecular complexity index is 535. The Hall–Kier alpha value is -2.04. The Labute approximate surface area is 123 Å². The molecule has 0 spiro atoms. The van der Waals surface area contributed by atoms with Crippen molar-refractivity contribution in [3.63, 3.8) is 0 Å². The van der Waals surface area contributed by atoms with Crippen LogP contribution in [0.2, 0.25) is 0 Å². The van der Waals surface area contributed by atoms with E-state index < -0.39 is 0 Å². The van der Waals surface area contributed by atoms with E-state index in [-0.39, 0.29) is 11.9 Å². The van der Waals surface area contributed by atoms with Gasteiger partial charge in [-0.15, -0.1) is 0 Å². The summed E-state index contributed by atoms with van der Waals surface area (Å²) in [5.41, 5.74) is 0.815. The van der Waals surface area contributed by atoms with Gasteiger partial charge in [0.05, 0.1) is 12.1 Å². The highest BCUT2D eigenvalue weighted by molar-refractivity contribution is 5.81. The molecular weight excluding hydrogens is 270 g/mol. The van der Waals surface area contributed by atoms with Crippen molar-refractivity contribution in [1.29, 1.82) is 0 Å². The smallest absolute Gasteiger partial charge is 0.338 e. The molecule has 0 N–H and O–H groups in total. The summed E-state index contributed by atoms with van der Waals surface area (Å²) in [5, 5.41) is 3.79. The second-order valence-corrected chi connectivity index (χ2v) is 5.38. The molecule has 21 heavy (non-hydrogen) atoms. The van der Waals surface area contributed by atoms with Gasteiger partial charge in [0.15, 0.2) is 11.5 Å². The highest BCUT2D eigenvalue weighted by Gasteiger charge is 2.22. The number of fused-ring (bicyclic) bond motifs is 1. The minimum Gasteiger partial charge on any atom is -0.486 e. The van der Waals surface area contributed by atoms with Crippen LogP contribution in [0, 0.1) is 5.92 Å². The number of ether oxygens (including phenoxy) is 2. The molecule has 0 aromatic heterocycles. The second-order valence-electron chi connectivity index (χ2n) is 5.38. The molecule has 0 radical (unpaired) electrons. The zero-order valence-corrected chi connectivity index (χ0v) is 11.9. The first kappa shape index (κ1) is 13.9. The van der Waals surface area contributed by atoms with E-state index in [1.165, 1.54) is 12.6 Å². The molecule has 1 aromatic rings. The van der Waals surface area contributed by atoms with Crippen molar-refractivity contribution >= 4 is 12.2 Å². The molecule has 0 unspecified atom stereocenters. The summed E-state index contributed by atoms with van der Waals surface area (Å²) in [6, 6.07) is 5.51. The summed E-state index contributed by atoms with van der Waals surface area (Å²) in [6.45, 7) is 1.11. The Morgan fingerprint density at radius 3 is 2.71 bits per heavy atom. The quantitative estimate of drug-likeness (QED) is 0.488. The van der Waals surface area contributed by atoms with E-state index in [1.807, 2.05) is 18.2 Å². The SMILES string of the molecule is O=C(ON=Cc1ccc2c(c1)OCCO2)C1CCCCC1. The van der Waals surface area contributed by atoms with Crippen LogP contribution in [0.25, 0.3) is 0 Å². The molecule has 0 saturated heterocycles. The molecule has 1 aliphatic carbocycles. The zero-order chi connectivity index (χ0) is 14.5. The van der Waals surface area contributed by atoms with Gasteiger partial charge < -0.3 is 14.3 Å². The van der Waals surface area contributed by atoms with E-state index in [1.54, 1.807) is 0 Å². The summed E-state index contributed by atoms with van der Waals surface area (Å²) >= 11 is 0. The summed E-state index contributed by atoms with van der Waals surface area (Å²) in [7, 11) is 0. The van der Waals surface area contributed by atoms with E-state index in [9.17, 15) is 4.79 Å². The van der Waals surface area contributed by atoms with E-state index >= 15 is 0 Å². The molecule has 5 heteroatoms. The number of carbonyl (C=O) groups is 1. The molecule has 1 aliphatic heterocycles. The lowest BCUT2D eigenvalue weighted by atomic mass is 9.89. The molecule has 1 aromatic carbocycles. The third kappa shape index (κ3) is 3.54. The predicted octanol–water partition coefficient (Wildman–Crippen LogP) is 2.92. The maximum atomic E-state index is 11.8. The van der Waals surface area contributed by atoms with E-state index in [0.29, 0.717) is 19.0 Å². The number of oxime groups is 1. The zero-order valence-electron chi connectivity index (χ0n) is 11.9. The van der Waals surface area contributed by atoms with Crippen LogP contribution in [0.15, 0.2) is 23.4 Å². The minimum absolute atomic E-state index is 0.0103. The topological polar surface area (TPSA) is 57.1 Å². The molecule has 1 fully saturated rings. The standard InChI is InChI=1S/C16H19NO4/c18-16(13-4-2-1-3-5-13)21-17-11-12-6-7-14-15(10-12)20-9-8-19-14/h6-7,10-11,13H,1-5,8-9H2. The van der Waals surface area contributed by atoms with Crippen LogP contribution in [-0.4, -0.2) is 25.4 Å². The monoisotopic (exact) mass is 289 g/mol. The van der Waals surface area contributed by atoms with Crippen LogP contribution < -0.4 is 9.47 Å². The van der Waals surface area contributed by atoms with Crippen LogP contribution in [0.5, 0.6) is 11.5 Å². The van der Waals surface area contributed by atoms with Gasteiger partial charge in [-0.3, -0.25) is 0 Å². The van der Waals surface area contributed by atoms with Gasteiger partial charge in [-0.25, -0.2) is 4.79 Å². The van der Waals surface area contributed by atoms with Gasteiger partial charge in [0.2, 0.25) is 0 Å². The van der Waals surface area contributed by atoms with Crippen molar-refractivity contribution in [1.82, 2.24) is 0 Å². The summed E-state index contributed by atoms with van der Waals surface area (Å²) in [4.78, 5) is 16.8. The molecule has 1 saturated carbocycles. The van der Waals surface area contributed by atoms with Crippen molar-refractivity contribution < 1.29 is 19.1 Å². The van der Waals surface area contributed by atoms with Gasteiger partial charge in [-0.1, -0.05) is 24.4 Å². The van der Waals surface area contributed by atoms with Crippen molar-refractivity contribution in [2.75, 3.05) is 13.2 Å². The molecule has 2 aliphatic rings. The number of nitrogens with zero attached hydrogens (tertiary/aromatic N) is 1. The Kier molecular flexibility index (Phi) is 4.38. The van der Waals surface area contributed by atoms with E-state index in [0.717, 1.165) is 37.0 Å². The van der Waals surface area contributed by atoms with Crippen LogP contribution in [0.3, 0.4) is 0 Å². The van der Waals surface area contributed by atoms with Crippen LogP contribution in [0.4, 0.5) is 0 Å². The van der Waals surface area contributed by atoms with Crippen LogP contribution >= 0.6 is 0 Å². The van der Waals surface area contributed by atoms with Crippen LogP contribution in [-0.2, 0) is 9.63 Å². The lowest BCUT2D eigenvalue weighted by Crippen LogP contribution is -2.18. The number of hydrogen-bond donors (Lipinski definition) is 0. The van der Waals surface area contributed by atoms with Gasteiger partial charge in [0, 0.05) is 5.56 Å². The van der Waals surface area contributed by atoms with Gasteiger partial charge in [0.1, 0.15) is 13.2 Å². The molecule has 112 valence electrons.